The minimum Gasteiger partial charge on any atom is -0.448 e. The molecule has 7 heteroatoms. The monoisotopic (exact) mass is 355 g/mol. The SMILES string of the molecule is NC(=O)C1CCCN(C(=O)c2ccc(-c3nc4ccccc4s3)o2)C1. The van der Waals surface area contributed by atoms with Crippen LogP contribution in [0, 0.1) is 5.92 Å². The Morgan fingerprint density at radius 2 is 2.08 bits per heavy atom. The number of fused-ring (bicyclic) bond motifs is 1. The van der Waals surface area contributed by atoms with Crippen molar-refractivity contribution in [3.05, 3.63) is 42.2 Å². The Hall–Kier alpha value is -2.67. The van der Waals surface area contributed by atoms with Gasteiger partial charge in [-0.3, -0.25) is 9.59 Å². The molecule has 2 amide bonds. The van der Waals surface area contributed by atoms with Crippen molar-refractivity contribution in [1.29, 1.82) is 0 Å². The fraction of sp³-hybridized carbons (Fsp3) is 0.278. The molecule has 0 spiro atoms. The Balaban J connectivity index is 1.56. The molecule has 1 aromatic carbocycles. The van der Waals surface area contributed by atoms with E-state index in [-0.39, 0.29) is 23.5 Å². The molecule has 25 heavy (non-hydrogen) atoms. The molecule has 1 fully saturated rings. The number of rotatable bonds is 3. The second kappa shape index (κ2) is 6.33. The minimum atomic E-state index is -0.355. The van der Waals surface area contributed by atoms with Crippen LogP contribution in [0.3, 0.4) is 0 Å². The Bertz CT molecular complexity index is 913. The summed E-state index contributed by atoms with van der Waals surface area (Å²) in [6.07, 6.45) is 1.50. The second-order valence-corrected chi connectivity index (χ2v) is 7.17. The quantitative estimate of drug-likeness (QED) is 0.782. The third-order valence-electron chi connectivity index (χ3n) is 4.43. The topological polar surface area (TPSA) is 89.4 Å². The van der Waals surface area contributed by atoms with E-state index in [1.54, 1.807) is 17.0 Å². The Morgan fingerprint density at radius 3 is 2.88 bits per heavy atom. The summed E-state index contributed by atoms with van der Waals surface area (Å²) in [7, 11) is 0. The summed E-state index contributed by atoms with van der Waals surface area (Å²) in [5.74, 6) is -0.00537. The lowest BCUT2D eigenvalue weighted by Crippen LogP contribution is -2.44. The van der Waals surface area contributed by atoms with Gasteiger partial charge in [0.05, 0.1) is 16.1 Å². The summed E-state index contributed by atoms with van der Waals surface area (Å²) in [4.78, 5) is 30.2. The van der Waals surface area contributed by atoms with Crippen molar-refractivity contribution in [2.45, 2.75) is 12.8 Å². The van der Waals surface area contributed by atoms with Crippen molar-refractivity contribution in [3.8, 4) is 10.8 Å². The molecule has 1 aliphatic heterocycles. The van der Waals surface area contributed by atoms with Gasteiger partial charge in [-0.25, -0.2) is 4.98 Å². The molecule has 3 aromatic rings. The van der Waals surface area contributed by atoms with Gasteiger partial charge in [-0.05, 0) is 37.1 Å². The number of amides is 2. The predicted molar refractivity (Wildman–Crippen MR) is 95.1 cm³/mol. The fourth-order valence-electron chi connectivity index (χ4n) is 3.10. The highest BCUT2D eigenvalue weighted by atomic mass is 32.1. The molecule has 1 unspecified atom stereocenters. The van der Waals surface area contributed by atoms with Gasteiger partial charge in [0.25, 0.3) is 5.91 Å². The molecule has 0 aliphatic carbocycles. The summed E-state index contributed by atoms with van der Waals surface area (Å²) >= 11 is 1.52. The number of benzene rings is 1. The van der Waals surface area contributed by atoms with Gasteiger partial charge in [0.2, 0.25) is 5.91 Å². The van der Waals surface area contributed by atoms with E-state index < -0.39 is 0 Å². The zero-order valence-corrected chi connectivity index (χ0v) is 14.3. The van der Waals surface area contributed by atoms with Crippen molar-refractivity contribution in [1.82, 2.24) is 9.88 Å². The number of piperidine rings is 1. The van der Waals surface area contributed by atoms with Gasteiger partial charge in [0, 0.05) is 13.1 Å². The average molecular weight is 355 g/mol. The zero-order chi connectivity index (χ0) is 17.4. The van der Waals surface area contributed by atoms with Gasteiger partial charge < -0.3 is 15.1 Å². The van der Waals surface area contributed by atoms with Crippen LogP contribution in [0.4, 0.5) is 0 Å². The first-order valence-corrected chi connectivity index (χ1v) is 8.98. The standard InChI is InChI=1S/C18H17N3O3S/c19-16(22)11-4-3-9-21(10-11)18(23)14-8-7-13(24-14)17-20-12-5-1-2-6-15(12)25-17/h1-2,5-8,11H,3-4,9-10H2,(H2,19,22). The number of furan rings is 1. The van der Waals surface area contributed by atoms with E-state index in [1.807, 2.05) is 24.3 Å². The maximum absolute atomic E-state index is 12.6. The van der Waals surface area contributed by atoms with Gasteiger partial charge >= 0.3 is 0 Å². The van der Waals surface area contributed by atoms with Crippen LogP contribution in [0.25, 0.3) is 21.0 Å². The predicted octanol–water partition coefficient (Wildman–Crippen LogP) is 2.89. The second-order valence-electron chi connectivity index (χ2n) is 6.14. The third-order valence-corrected chi connectivity index (χ3v) is 5.48. The molecule has 2 N–H and O–H groups in total. The maximum atomic E-state index is 12.6. The molecular weight excluding hydrogens is 338 g/mol. The number of nitrogens with zero attached hydrogens (tertiary/aromatic N) is 2. The van der Waals surface area contributed by atoms with Crippen LogP contribution >= 0.6 is 11.3 Å². The first kappa shape index (κ1) is 15.8. The van der Waals surface area contributed by atoms with Crippen LogP contribution in [0.5, 0.6) is 0 Å². The smallest absolute Gasteiger partial charge is 0.289 e. The van der Waals surface area contributed by atoms with Gasteiger partial charge in [-0.15, -0.1) is 11.3 Å². The Morgan fingerprint density at radius 1 is 1.24 bits per heavy atom. The van der Waals surface area contributed by atoms with Crippen molar-refractivity contribution < 1.29 is 14.0 Å². The summed E-state index contributed by atoms with van der Waals surface area (Å²) in [6, 6.07) is 11.3. The van der Waals surface area contributed by atoms with Crippen LogP contribution in [-0.4, -0.2) is 34.8 Å². The number of hydrogen-bond acceptors (Lipinski definition) is 5. The van der Waals surface area contributed by atoms with Crippen molar-refractivity contribution in [2.75, 3.05) is 13.1 Å². The lowest BCUT2D eigenvalue weighted by atomic mass is 9.97. The van der Waals surface area contributed by atoms with Crippen LogP contribution in [0.2, 0.25) is 0 Å². The number of thiazole rings is 1. The van der Waals surface area contributed by atoms with E-state index in [0.717, 1.165) is 28.1 Å². The van der Waals surface area contributed by atoms with Crippen LogP contribution in [0.1, 0.15) is 23.4 Å². The lowest BCUT2D eigenvalue weighted by Gasteiger charge is -2.30. The third kappa shape index (κ3) is 3.02. The molecule has 128 valence electrons. The van der Waals surface area contributed by atoms with E-state index in [2.05, 4.69) is 4.98 Å². The summed E-state index contributed by atoms with van der Waals surface area (Å²) in [5.41, 5.74) is 6.29. The van der Waals surface area contributed by atoms with E-state index in [0.29, 0.717) is 18.8 Å². The molecule has 1 atom stereocenters. The van der Waals surface area contributed by atoms with Crippen LogP contribution in [-0.2, 0) is 4.79 Å². The Kier molecular flexibility index (Phi) is 4.01. The molecule has 4 rings (SSSR count). The number of nitrogens with two attached hydrogens (primary N) is 1. The molecule has 0 bridgehead atoms. The molecule has 0 radical (unpaired) electrons. The number of para-hydroxylation sites is 1. The van der Waals surface area contributed by atoms with Gasteiger partial charge in [0.1, 0.15) is 0 Å². The van der Waals surface area contributed by atoms with Crippen molar-refractivity contribution in [2.24, 2.45) is 11.7 Å². The molecule has 2 aromatic heterocycles. The highest BCUT2D eigenvalue weighted by molar-refractivity contribution is 7.21. The Labute approximate surface area is 148 Å². The summed E-state index contributed by atoms with van der Waals surface area (Å²) in [6.45, 7) is 0.963. The molecule has 0 saturated carbocycles. The average Bonchev–Trinajstić information content (AvgIpc) is 3.27. The highest BCUT2D eigenvalue weighted by Gasteiger charge is 2.29. The summed E-state index contributed by atoms with van der Waals surface area (Å²) < 4.78 is 6.82. The van der Waals surface area contributed by atoms with Gasteiger partial charge in [-0.1, -0.05) is 12.1 Å². The first-order valence-electron chi connectivity index (χ1n) is 8.16. The molecular formula is C18H17N3O3S. The number of primary amides is 1. The molecule has 3 heterocycles. The van der Waals surface area contributed by atoms with E-state index in [9.17, 15) is 9.59 Å². The van der Waals surface area contributed by atoms with Crippen molar-refractivity contribution >= 4 is 33.4 Å². The minimum absolute atomic E-state index is 0.210. The van der Waals surface area contributed by atoms with Gasteiger partial charge in [-0.2, -0.15) is 0 Å². The number of likely N-dealkylation sites (tertiary alicyclic amines) is 1. The largest absolute Gasteiger partial charge is 0.448 e. The van der Waals surface area contributed by atoms with E-state index in [4.69, 9.17) is 10.2 Å². The maximum Gasteiger partial charge on any atom is 0.289 e. The van der Waals surface area contributed by atoms with Crippen LogP contribution in [0.15, 0.2) is 40.8 Å². The number of aromatic nitrogens is 1. The first-order chi connectivity index (χ1) is 12.1. The van der Waals surface area contributed by atoms with Crippen molar-refractivity contribution in [3.63, 3.8) is 0 Å². The molecule has 6 nitrogen and oxygen atoms in total. The highest BCUT2D eigenvalue weighted by Crippen LogP contribution is 2.31. The summed E-state index contributed by atoms with van der Waals surface area (Å²) in [5, 5.41) is 0.744. The number of hydrogen-bond donors (Lipinski definition) is 1. The van der Waals surface area contributed by atoms with E-state index in [1.165, 1.54) is 11.3 Å². The normalized spacial score (nSPS) is 17.8. The van der Waals surface area contributed by atoms with Crippen LogP contribution < -0.4 is 5.73 Å². The zero-order valence-electron chi connectivity index (χ0n) is 13.5. The molecule has 1 saturated heterocycles. The molecule has 1 aliphatic rings. The lowest BCUT2D eigenvalue weighted by molar-refractivity contribution is -0.123. The van der Waals surface area contributed by atoms with Gasteiger partial charge in [0.15, 0.2) is 16.5 Å². The number of carbonyl (C=O) groups excluding carboxylic acids is 2. The van der Waals surface area contributed by atoms with E-state index >= 15 is 0 Å². The fourth-order valence-corrected chi connectivity index (χ4v) is 4.02. The number of carbonyl (C=O) groups is 2.